The number of amides is 1. The Morgan fingerprint density at radius 2 is 1.89 bits per heavy atom. The van der Waals surface area contributed by atoms with E-state index in [1.165, 1.54) is 28.7 Å². The molecule has 2 aromatic heterocycles. The lowest BCUT2D eigenvalue weighted by Crippen LogP contribution is -2.42. The number of aromatic nitrogens is 2. The Balaban J connectivity index is 1.36. The van der Waals surface area contributed by atoms with Gasteiger partial charge in [0.2, 0.25) is 0 Å². The van der Waals surface area contributed by atoms with E-state index < -0.39 is 5.60 Å². The number of ether oxygens (including phenoxy) is 1. The Hall–Kier alpha value is -1.89. The number of hydrogen-bond donors (Lipinski definition) is 2. The highest BCUT2D eigenvalue weighted by Gasteiger charge is 2.26. The zero-order valence-electron chi connectivity index (χ0n) is 16.3. The maximum atomic E-state index is 12.0. The van der Waals surface area contributed by atoms with Crippen molar-refractivity contribution in [2.24, 2.45) is 0 Å². The second kappa shape index (κ2) is 7.26. The van der Waals surface area contributed by atoms with Crippen molar-refractivity contribution in [3.63, 3.8) is 0 Å². The van der Waals surface area contributed by atoms with Gasteiger partial charge in [-0.25, -0.2) is 14.8 Å². The average Bonchev–Trinajstić information content (AvgIpc) is 3.16. The van der Waals surface area contributed by atoms with Crippen LogP contribution in [0.5, 0.6) is 0 Å². The first-order chi connectivity index (χ1) is 12.9. The maximum Gasteiger partial charge on any atom is 0.407 e. The Labute approximate surface area is 164 Å². The van der Waals surface area contributed by atoms with Crippen LogP contribution in [0.3, 0.4) is 0 Å². The van der Waals surface area contributed by atoms with E-state index in [1.54, 1.807) is 6.33 Å². The van der Waals surface area contributed by atoms with E-state index in [0.717, 1.165) is 42.8 Å². The van der Waals surface area contributed by atoms with E-state index in [9.17, 15) is 4.79 Å². The van der Waals surface area contributed by atoms with Gasteiger partial charge in [0.25, 0.3) is 0 Å². The van der Waals surface area contributed by atoms with Crippen LogP contribution in [0.2, 0.25) is 0 Å². The van der Waals surface area contributed by atoms with Gasteiger partial charge in [-0.05, 0) is 71.3 Å². The predicted molar refractivity (Wildman–Crippen MR) is 108 cm³/mol. The van der Waals surface area contributed by atoms with Gasteiger partial charge in [-0.2, -0.15) is 0 Å². The molecule has 0 spiro atoms. The quantitative estimate of drug-likeness (QED) is 0.813. The van der Waals surface area contributed by atoms with Gasteiger partial charge < -0.3 is 15.4 Å². The fraction of sp³-hybridized carbons (Fsp3) is 0.650. The molecule has 0 aromatic carbocycles. The molecule has 7 heteroatoms. The zero-order chi connectivity index (χ0) is 19.0. The summed E-state index contributed by atoms with van der Waals surface area (Å²) in [4.78, 5) is 23.6. The molecule has 2 aliphatic rings. The fourth-order valence-electron chi connectivity index (χ4n) is 4.09. The van der Waals surface area contributed by atoms with Crippen LogP contribution < -0.4 is 10.6 Å². The number of carbonyl (C=O) groups excluding carboxylic acids is 1. The van der Waals surface area contributed by atoms with Crippen LogP contribution >= 0.6 is 11.3 Å². The van der Waals surface area contributed by atoms with Crippen LogP contribution in [0.15, 0.2) is 6.33 Å². The molecule has 0 unspecified atom stereocenters. The second-order valence-corrected chi connectivity index (χ2v) is 9.68. The molecule has 1 amide bonds. The molecule has 0 saturated heterocycles. The number of nitrogens with zero attached hydrogens (tertiary/aromatic N) is 2. The van der Waals surface area contributed by atoms with Crippen molar-refractivity contribution < 1.29 is 9.53 Å². The minimum atomic E-state index is -0.456. The van der Waals surface area contributed by atoms with Crippen molar-refractivity contribution in [3.05, 3.63) is 16.8 Å². The largest absolute Gasteiger partial charge is 0.444 e. The lowest BCUT2D eigenvalue weighted by atomic mass is 9.91. The van der Waals surface area contributed by atoms with Gasteiger partial charge in [-0.1, -0.05) is 0 Å². The SMILES string of the molecule is CC(C)(C)OC(=O)NC1CCC(Nc2ncnc3sc4c(c23)CCC4)CC1. The number of thiophene rings is 1. The van der Waals surface area contributed by atoms with Crippen molar-refractivity contribution in [3.8, 4) is 0 Å². The second-order valence-electron chi connectivity index (χ2n) is 8.60. The molecule has 0 bridgehead atoms. The van der Waals surface area contributed by atoms with Crippen LogP contribution in [0.25, 0.3) is 10.2 Å². The van der Waals surface area contributed by atoms with Gasteiger partial charge in [0.15, 0.2) is 0 Å². The molecular weight excluding hydrogens is 360 g/mol. The molecule has 2 aromatic rings. The standard InChI is InChI=1S/C20H28N4O2S/c1-20(2,3)26-19(25)24-13-9-7-12(8-10-13)23-17-16-14-5-4-6-15(14)27-18(16)22-11-21-17/h11-13H,4-10H2,1-3H3,(H,24,25)(H,21,22,23). The molecular formula is C20H28N4O2S. The van der Waals surface area contributed by atoms with E-state index in [0.29, 0.717) is 6.04 Å². The summed E-state index contributed by atoms with van der Waals surface area (Å²) in [5.74, 6) is 0.989. The van der Waals surface area contributed by atoms with Crippen LogP contribution in [0, 0.1) is 0 Å². The number of hydrogen-bond acceptors (Lipinski definition) is 6. The molecule has 2 aliphatic carbocycles. The fourth-order valence-corrected chi connectivity index (χ4v) is 5.32. The highest BCUT2D eigenvalue weighted by atomic mass is 32.1. The summed E-state index contributed by atoms with van der Waals surface area (Å²) < 4.78 is 5.36. The van der Waals surface area contributed by atoms with Gasteiger partial charge in [-0.15, -0.1) is 11.3 Å². The van der Waals surface area contributed by atoms with Crippen molar-refractivity contribution in [1.82, 2.24) is 15.3 Å². The van der Waals surface area contributed by atoms with Crippen molar-refractivity contribution >= 4 is 33.5 Å². The van der Waals surface area contributed by atoms with Gasteiger partial charge >= 0.3 is 6.09 Å². The molecule has 0 atom stereocenters. The number of anilines is 1. The highest BCUT2D eigenvalue weighted by molar-refractivity contribution is 7.19. The third-order valence-electron chi connectivity index (χ3n) is 5.29. The molecule has 6 nitrogen and oxygen atoms in total. The topological polar surface area (TPSA) is 76.1 Å². The van der Waals surface area contributed by atoms with Crippen LogP contribution in [-0.4, -0.2) is 33.7 Å². The van der Waals surface area contributed by atoms with Crippen molar-refractivity contribution in [1.29, 1.82) is 0 Å². The molecule has 1 fully saturated rings. The summed E-state index contributed by atoms with van der Waals surface area (Å²) >= 11 is 1.82. The van der Waals surface area contributed by atoms with Crippen LogP contribution in [0.4, 0.5) is 10.6 Å². The molecule has 0 radical (unpaired) electrons. The number of fused-ring (bicyclic) bond motifs is 3. The zero-order valence-corrected chi connectivity index (χ0v) is 17.1. The van der Waals surface area contributed by atoms with E-state index in [4.69, 9.17) is 4.74 Å². The average molecular weight is 389 g/mol. The Morgan fingerprint density at radius 1 is 1.15 bits per heavy atom. The molecule has 0 aliphatic heterocycles. The molecule has 2 heterocycles. The first kappa shape index (κ1) is 18.5. The normalized spacial score (nSPS) is 22.5. The van der Waals surface area contributed by atoms with Crippen molar-refractivity contribution in [2.45, 2.75) is 83.4 Å². The Bertz CT molecular complexity index is 834. The summed E-state index contributed by atoms with van der Waals surface area (Å²) in [5.41, 5.74) is 1.00. The van der Waals surface area contributed by atoms with E-state index >= 15 is 0 Å². The number of alkyl carbamates (subject to hydrolysis) is 1. The minimum absolute atomic E-state index is 0.189. The maximum absolute atomic E-state index is 12.0. The van der Waals surface area contributed by atoms with Gasteiger partial charge in [0, 0.05) is 17.0 Å². The monoisotopic (exact) mass is 388 g/mol. The highest BCUT2D eigenvalue weighted by Crippen LogP contribution is 2.39. The molecule has 146 valence electrons. The number of carbonyl (C=O) groups is 1. The van der Waals surface area contributed by atoms with Crippen LogP contribution in [0.1, 0.15) is 63.3 Å². The molecule has 2 N–H and O–H groups in total. The van der Waals surface area contributed by atoms with E-state index in [2.05, 4.69) is 20.6 Å². The summed E-state index contributed by atoms with van der Waals surface area (Å²) in [6.45, 7) is 5.66. The molecule has 27 heavy (non-hydrogen) atoms. The number of rotatable bonds is 3. The first-order valence-corrected chi connectivity index (χ1v) is 10.7. The summed E-state index contributed by atoms with van der Waals surface area (Å²) in [6.07, 6.45) is 8.85. The summed E-state index contributed by atoms with van der Waals surface area (Å²) in [6, 6.07) is 0.574. The third kappa shape index (κ3) is 4.18. The van der Waals surface area contributed by atoms with Crippen LogP contribution in [-0.2, 0) is 17.6 Å². The van der Waals surface area contributed by atoms with E-state index in [-0.39, 0.29) is 12.1 Å². The Kier molecular flexibility index (Phi) is 4.97. The predicted octanol–water partition coefficient (Wildman–Crippen LogP) is 4.43. The molecule has 4 rings (SSSR count). The minimum Gasteiger partial charge on any atom is -0.444 e. The smallest absolute Gasteiger partial charge is 0.407 e. The summed E-state index contributed by atoms with van der Waals surface area (Å²) in [5, 5.41) is 7.91. The van der Waals surface area contributed by atoms with Gasteiger partial charge in [0.05, 0.1) is 5.39 Å². The lowest BCUT2D eigenvalue weighted by Gasteiger charge is -2.30. The van der Waals surface area contributed by atoms with E-state index in [1.807, 2.05) is 32.1 Å². The van der Waals surface area contributed by atoms with Gasteiger partial charge in [-0.3, -0.25) is 0 Å². The number of aryl methyl sites for hydroxylation is 2. The van der Waals surface area contributed by atoms with Gasteiger partial charge in [0.1, 0.15) is 22.6 Å². The number of nitrogens with one attached hydrogen (secondary N) is 2. The lowest BCUT2D eigenvalue weighted by molar-refractivity contribution is 0.0492. The molecule has 1 saturated carbocycles. The summed E-state index contributed by atoms with van der Waals surface area (Å²) in [7, 11) is 0. The van der Waals surface area contributed by atoms with Crippen molar-refractivity contribution in [2.75, 3.05) is 5.32 Å². The third-order valence-corrected chi connectivity index (χ3v) is 6.49. The first-order valence-electron chi connectivity index (χ1n) is 9.90. The Morgan fingerprint density at radius 3 is 2.63 bits per heavy atom.